The Kier molecular flexibility index (Phi) is 6.26. The van der Waals surface area contributed by atoms with Gasteiger partial charge in [0, 0.05) is 12.6 Å². The average Bonchev–Trinajstić information content (AvgIpc) is 3.49. The van der Waals surface area contributed by atoms with Crippen molar-refractivity contribution in [3.8, 4) is 28.6 Å². The molecule has 0 aliphatic rings. The standard InChI is InChI=1S/C25H25N3O4/c1-17-6-4-7-19(14-17)28-21(16-20(27-28)22-8-5-13-32-22)25(29)26-12-11-18-9-10-23(30-2)24(15-18)31-3/h4-10,13-16H,11-12H2,1-3H3,(H,26,29). The van der Waals surface area contributed by atoms with E-state index >= 15 is 0 Å². The number of amides is 1. The van der Waals surface area contributed by atoms with Gasteiger partial charge in [0.15, 0.2) is 17.3 Å². The van der Waals surface area contributed by atoms with E-state index in [0.29, 0.717) is 41.6 Å². The molecule has 0 saturated carbocycles. The summed E-state index contributed by atoms with van der Waals surface area (Å²) >= 11 is 0. The lowest BCUT2D eigenvalue weighted by molar-refractivity contribution is 0.0946. The topological polar surface area (TPSA) is 78.5 Å². The number of benzene rings is 2. The average molecular weight is 431 g/mol. The van der Waals surface area contributed by atoms with Crippen molar-refractivity contribution < 1.29 is 18.7 Å². The summed E-state index contributed by atoms with van der Waals surface area (Å²) in [4.78, 5) is 13.1. The molecule has 32 heavy (non-hydrogen) atoms. The van der Waals surface area contributed by atoms with Gasteiger partial charge in [-0.25, -0.2) is 4.68 Å². The van der Waals surface area contributed by atoms with Crippen molar-refractivity contribution in [3.63, 3.8) is 0 Å². The van der Waals surface area contributed by atoms with Crippen molar-refractivity contribution in [2.45, 2.75) is 13.3 Å². The van der Waals surface area contributed by atoms with Crippen LogP contribution in [0.15, 0.2) is 71.3 Å². The first-order valence-electron chi connectivity index (χ1n) is 10.3. The van der Waals surface area contributed by atoms with Gasteiger partial charge in [0.25, 0.3) is 5.91 Å². The predicted molar refractivity (Wildman–Crippen MR) is 122 cm³/mol. The molecule has 0 atom stereocenters. The van der Waals surface area contributed by atoms with Crippen LogP contribution in [0, 0.1) is 6.92 Å². The zero-order valence-electron chi connectivity index (χ0n) is 18.3. The normalized spacial score (nSPS) is 10.7. The van der Waals surface area contributed by atoms with Crippen LogP contribution in [0.5, 0.6) is 11.5 Å². The van der Waals surface area contributed by atoms with E-state index < -0.39 is 0 Å². The van der Waals surface area contributed by atoms with Gasteiger partial charge in [-0.2, -0.15) is 5.10 Å². The molecule has 1 N–H and O–H groups in total. The molecule has 2 heterocycles. The first-order chi connectivity index (χ1) is 15.6. The van der Waals surface area contributed by atoms with E-state index in [1.165, 1.54) is 0 Å². The van der Waals surface area contributed by atoms with Crippen LogP contribution in [0.25, 0.3) is 17.1 Å². The van der Waals surface area contributed by atoms with Crippen LogP contribution in [-0.4, -0.2) is 36.5 Å². The van der Waals surface area contributed by atoms with Crippen LogP contribution in [0.4, 0.5) is 0 Å². The summed E-state index contributed by atoms with van der Waals surface area (Å²) in [6.45, 7) is 2.46. The van der Waals surface area contributed by atoms with E-state index in [-0.39, 0.29) is 5.91 Å². The summed E-state index contributed by atoms with van der Waals surface area (Å²) in [5, 5.41) is 7.62. The third-order valence-corrected chi connectivity index (χ3v) is 5.11. The molecule has 164 valence electrons. The molecule has 0 radical (unpaired) electrons. The molecule has 2 aromatic heterocycles. The Morgan fingerprint density at radius 1 is 1.03 bits per heavy atom. The maximum Gasteiger partial charge on any atom is 0.270 e. The minimum atomic E-state index is -0.211. The van der Waals surface area contributed by atoms with Crippen molar-refractivity contribution >= 4 is 5.91 Å². The quantitative estimate of drug-likeness (QED) is 0.447. The Labute approximate surface area is 186 Å². The Balaban J connectivity index is 1.54. The summed E-state index contributed by atoms with van der Waals surface area (Å²) in [6, 6.07) is 18.9. The second-order valence-corrected chi connectivity index (χ2v) is 7.34. The van der Waals surface area contributed by atoms with Gasteiger partial charge in [0.2, 0.25) is 0 Å². The Hall–Kier alpha value is -4.00. The largest absolute Gasteiger partial charge is 0.493 e. The number of carbonyl (C=O) groups excluding carboxylic acids is 1. The molecule has 0 aliphatic heterocycles. The number of furan rings is 1. The van der Waals surface area contributed by atoms with Gasteiger partial charge >= 0.3 is 0 Å². The SMILES string of the molecule is COc1ccc(CCNC(=O)c2cc(-c3ccco3)nn2-c2cccc(C)c2)cc1OC. The van der Waals surface area contributed by atoms with Gasteiger partial charge in [0.05, 0.1) is 26.2 Å². The van der Waals surface area contributed by atoms with E-state index in [1.54, 1.807) is 37.3 Å². The number of nitrogens with one attached hydrogen (secondary N) is 1. The Morgan fingerprint density at radius 2 is 1.88 bits per heavy atom. The molecule has 7 heteroatoms. The van der Waals surface area contributed by atoms with Gasteiger partial charge < -0.3 is 19.2 Å². The van der Waals surface area contributed by atoms with Crippen LogP contribution < -0.4 is 14.8 Å². The van der Waals surface area contributed by atoms with Crippen LogP contribution in [0.1, 0.15) is 21.6 Å². The Bertz CT molecular complexity index is 1210. The molecule has 0 bridgehead atoms. The number of ether oxygens (including phenoxy) is 2. The highest BCUT2D eigenvalue weighted by Crippen LogP contribution is 2.27. The first-order valence-corrected chi connectivity index (χ1v) is 10.3. The molecule has 4 rings (SSSR count). The molecule has 0 saturated heterocycles. The second kappa shape index (κ2) is 9.43. The number of nitrogens with zero attached hydrogens (tertiary/aromatic N) is 2. The zero-order valence-corrected chi connectivity index (χ0v) is 18.3. The van der Waals surface area contributed by atoms with Crippen molar-refractivity contribution in [2.24, 2.45) is 0 Å². The van der Waals surface area contributed by atoms with E-state index in [4.69, 9.17) is 13.9 Å². The van der Waals surface area contributed by atoms with Crippen molar-refractivity contribution in [1.82, 2.24) is 15.1 Å². The van der Waals surface area contributed by atoms with E-state index in [0.717, 1.165) is 16.8 Å². The third kappa shape index (κ3) is 4.51. The molecule has 0 fully saturated rings. The summed E-state index contributed by atoms with van der Waals surface area (Å²) in [7, 11) is 3.21. The summed E-state index contributed by atoms with van der Waals surface area (Å²) in [5.41, 5.74) is 3.97. The van der Waals surface area contributed by atoms with Crippen molar-refractivity contribution in [2.75, 3.05) is 20.8 Å². The fourth-order valence-corrected chi connectivity index (χ4v) is 3.49. The van der Waals surface area contributed by atoms with Crippen molar-refractivity contribution in [3.05, 3.63) is 83.7 Å². The van der Waals surface area contributed by atoms with E-state index in [9.17, 15) is 4.79 Å². The van der Waals surface area contributed by atoms with E-state index in [2.05, 4.69) is 10.4 Å². The summed E-state index contributed by atoms with van der Waals surface area (Å²) < 4.78 is 17.8. The number of aromatic nitrogens is 2. The maximum atomic E-state index is 13.1. The fraction of sp³-hybridized carbons (Fsp3) is 0.200. The Morgan fingerprint density at radius 3 is 2.59 bits per heavy atom. The molecule has 1 amide bonds. The molecular formula is C25H25N3O4. The van der Waals surface area contributed by atoms with Gasteiger partial charge in [0.1, 0.15) is 11.4 Å². The molecule has 0 spiro atoms. The molecule has 4 aromatic rings. The second-order valence-electron chi connectivity index (χ2n) is 7.34. The fourth-order valence-electron chi connectivity index (χ4n) is 3.49. The highest BCUT2D eigenvalue weighted by atomic mass is 16.5. The molecular weight excluding hydrogens is 406 g/mol. The number of hydrogen-bond donors (Lipinski definition) is 1. The lowest BCUT2D eigenvalue weighted by atomic mass is 10.1. The molecule has 0 aliphatic carbocycles. The monoisotopic (exact) mass is 431 g/mol. The van der Waals surface area contributed by atoms with Gasteiger partial charge in [-0.15, -0.1) is 0 Å². The lowest BCUT2D eigenvalue weighted by Gasteiger charge is -2.11. The predicted octanol–water partition coefficient (Wildman–Crippen LogP) is 4.43. The zero-order chi connectivity index (χ0) is 22.5. The number of rotatable bonds is 8. The lowest BCUT2D eigenvalue weighted by Crippen LogP contribution is -2.27. The third-order valence-electron chi connectivity index (χ3n) is 5.11. The number of aryl methyl sites for hydroxylation is 1. The van der Waals surface area contributed by atoms with Crippen LogP contribution in [-0.2, 0) is 6.42 Å². The number of carbonyl (C=O) groups is 1. The molecule has 7 nitrogen and oxygen atoms in total. The molecule has 2 aromatic carbocycles. The number of methoxy groups -OCH3 is 2. The number of hydrogen-bond acceptors (Lipinski definition) is 5. The van der Waals surface area contributed by atoms with Crippen LogP contribution in [0.3, 0.4) is 0 Å². The maximum absolute atomic E-state index is 13.1. The molecule has 0 unspecified atom stereocenters. The highest BCUT2D eigenvalue weighted by Gasteiger charge is 2.19. The van der Waals surface area contributed by atoms with Crippen molar-refractivity contribution in [1.29, 1.82) is 0 Å². The van der Waals surface area contributed by atoms with E-state index in [1.807, 2.05) is 55.5 Å². The minimum Gasteiger partial charge on any atom is -0.493 e. The smallest absolute Gasteiger partial charge is 0.270 e. The summed E-state index contributed by atoms with van der Waals surface area (Å²) in [6.07, 6.45) is 2.24. The van der Waals surface area contributed by atoms with Gasteiger partial charge in [-0.05, 0) is 60.9 Å². The van der Waals surface area contributed by atoms with Gasteiger partial charge in [-0.1, -0.05) is 18.2 Å². The highest BCUT2D eigenvalue weighted by molar-refractivity contribution is 5.94. The minimum absolute atomic E-state index is 0.211. The van der Waals surface area contributed by atoms with Gasteiger partial charge in [-0.3, -0.25) is 4.79 Å². The van der Waals surface area contributed by atoms with Crippen LogP contribution in [0.2, 0.25) is 0 Å². The van der Waals surface area contributed by atoms with Crippen LogP contribution >= 0.6 is 0 Å². The summed E-state index contributed by atoms with van der Waals surface area (Å²) in [5.74, 6) is 1.73. The first kappa shape index (κ1) is 21.2.